The van der Waals surface area contributed by atoms with Crippen molar-refractivity contribution in [3.05, 3.63) is 18.0 Å². The number of likely N-dealkylation sites (N-methyl/N-ethyl adjacent to an activating group) is 1. The summed E-state index contributed by atoms with van der Waals surface area (Å²) in [6.07, 6.45) is 2.30. The van der Waals surface area contributed by atoms with Crippen molar-refractivity contribution in [1.29, 1.82) is 0 Å². The molecule has 1 aromatic heterocycles. The number of nitrogens with zero attached hydrogens (tertiary/aromatic N) is 2. The van der Waals surface area contributed by atoms with Crippen LogP contribution in [0.4, 0.5) is 0 Å². The number of halogens is 1. The van der Waals surface area contributed by atoms with Crippen molar-refractivity contribution in [1.82, 2.24) is 14.2 Å². The number of hydrogen-bond donors (Lipinski definition) is 1. The first-order valence-corrected chi connectivity index (χ1v) is 8.27. The van der Waals surface area contributed by atoms with E-state index in [1.807, 2.05) is 25.9 Å². The van der Waals surface area contributed by atoms with Crippen LogP contribution in [0.15, 0.2) is 17.2 Å². The van der Waals surface area contributed by atoms with Gasteiger partial charge in [-0.15, -0.1) is 11.6 Å². The first kappa shape index (κ1) is 16.5. The number of alkyl halides is 1. The van der Waals surface area contributed by atoms with Crippen LogP contribution in [-0.4, -0.2) is 56.3 Å². The summed E-state index contributed by atoms with van der Waals surface area (Å²) in [5.74, 6) is 0.279. The predicted octanol–water partition coefficient (Wildman–Crippen LogP) is 1.72. The molecule has 0 atom stereocenters. The van der Waals surface area contributed by atoms with Gasteiger partial charge >= 0.3 is 0 Å². The maximum atomic E-state index is 12.5. The molecule has 0 fully saturated rings. The fourth-order valence-electron chi connectivity index (χ4n) is 1.71. The Balaban J connectivity index is 2.91. The molecular formula is C12H22ClN3O2S. The Hall–Kier alpha value is -0.560. The molecule has 0 bridgehead atoms. The van der Waals surface area contributed by atoms with Crippen LogP contribution >= 0.6 is 11.6 Å². The molecular weight excluding hydrogens is 286 g/mol. The molecule has 0 radical (unpaired) electrons. The molecule has 0 unspecified atom stereocenters. The maximum absolute atomic E-state index is 12.5. The van der Waals surface area contributed by atoms with Crippen molar-refractivity contribution in [3.8, 4) is 0 Å². The second-order valence-electron chi connectivity index (χ2n) is 4.70. The van der Waals surface area contributed by atoms with Gasteiger partial charge in [0.15, 0.2) is 0 Å². The van der Waals surface area contributed by atoms with Crippen LogP contribution < -0.4 is 0 Å². The van der Waals surface area contributed by atoms with Crippen LogP contribution in [0.3, 0.4) is 0 Å². The number of rotatable bonds is 8. The molecule has 0 saturated heterocycles. The van der Waals surface area contributed by atoms with E-state index >= 15 is 0 Å². The SMILES string of the molecule is CCCN(CCN(C)C)S(=O)(=O)c1c[nH]c(CCl)c1. The molecule has 0 amide bonds. The number of H-pyrrole nitrogens is 1. The Morgan fingerprint density at radius 3 is 2.42 bits per heavy atom. The van der Waals surface area contributed by atoms with E-state index in [9.17, 15) is 8.42 Å². The molecule has 7 heteroatoms. The largest absolute Gasteiger partial charge is 0.363 e. The molecule has 5 nitrogen and oxygen atoms in total. The fourth-order valence-corrected chi connectivity index (χ4v) is 3.40. The van der Waals surface area contributed by atoms with Gasteiger partial charge in [0.05, 0.1) is 10.8 Å². The van der Waals surface area contributed by atoms with E-state index in [1.54, 1.807) is 6.07 Å². The van der Waals surface area contributed by atoms with Gasteiger partial charge in [-0.25, -0.2) is 8.42 Å². The van der Waals surface area contributed by atoms with Crippen LogP contribution in [0.25, 0.3) is 0 Å². The van der Waals surface area contributed by atoms with Gasteiger partial charge in [0, 0.05) is 31.5 Å². The molecule has 0 aliphatic heterocycles. The smallest absolute Gasteiger partial charge is 0.244 e. The van der Waals surface area contributed by atoms with Gasteiger partial charge in [-0.1, -0.05) is 6.92 Å². The maximum Gasteiger partial charge on any atom is 0.244 e. The quantitative estimate of drug-likeness (QED) is 0.744. The molecule has 110 valence electrons. The Labute approximate surface area is 120 Å². The van der Waals surface area contributed by atoms with E-state index in [0.29, 0.717) is 25.3 Å². The molecule has 0 aliphatic carbocycles. The first-order chi connectivity index (χ1) is 8.91. The van der Waals surface area contributed by atoms with Gasteiger partial charge < -0.3 is 9.88 Å². The molecule has 1 N–H and O–H groups in total. The molecule has 0 spiro atoms. The average molecular weight is 308 g/mol. The van der Waals surface area contributed by atoms with Crippen molar-refractivity contribution in [2.24, 2.45) is 0 Å². The highest BCUT2D eigenvalue weighted by atomic mass is 35.5. The molecule has 0 aromatic carbocycles. The highest BCUT2D eigenvalue weighted by Gasteiger charge is 2.24. The Morgan fingerprint density at radius 1 is 1.26 bits per heavy atom. The van der Waals surface area contributed by atoms with Crippen LogP contribution in [0.5, 0.6) is 0 Å². The Bertz CT molecular complexity index is 485. The second-order valence-corrected chi connectivity index (χ2v) is 6.91. The predicted molar refractivity (Wildman–Crippen MR) is 78.0 cm³/mol. The van der Waals surface area contributed by atoms with Crippen molar-refractivity contribution in [2.75, 3.05) is 33.7 Å². The summed E-state index contributed by atoms with van der Waals surface area (Å²) in [6, 6.07) is 1.60. The topological polar surface area (TPSA) is 56.4 Å². The van der Waals surface area contributed by atoms with E-state index in [1.165, 1.54) is 10.5 Å². The van der Waals surface area contributed by atoms with E-state index in [4.69, 9.17) is 11.6 Å². The number of sulfonamides is 1. The first-order valence-electron chi connectivity index (χ1n) is 6.30. The molecule has 1 heterocycles. The lowest BCUT2D eigenvalue weighted by molar-refractivity contribution is 0.333. The minimum absolute atomic E-state index is 0.279. The molecule has 1 aromatic rings. The number of aromatic nitrogens is 1. The van der Waals surface area contributed by atoms with Crippen molar-refractivity contribution in [2.45, 2.75) is 24.1 Å². The summed E-state index contributed by atoms with van der Waals surface area (Å²) in [5, 5.41) is 0. The van der Waals surface area contributed by atoms with E-state index in [0.717, 1.165) is 6.42 Å². The third kappa shape index (κ3) is 4.49. The fraction of sp³-hybridized carbons (Fsp3) is 0.667. The number of nitrogens with one attached hydrogen (secondary N) is 1. The lowest BCUT2D eigenvalue weighted by atomic mass is 10.4. The summed E-state index contributed by atoms with van der Waals surface area (Å²) in [4.78, 5) is 5.13. The Kier molecular flexibility index (Phi) is 6.32. The minimum atomic E-state index is -3.43. The molecule has 0 saturated carbocycles. The van der Waals surface area contributed by atoms with Gasteiger partial charge in [0.1, 0.15) is 0 Å². The zero-order chi connectivity index (χ0) is 14.5. The Morgan fingerprint density at radius 2 is 1.95 bits per heavy atom. The highest BCUT2D eigenvalue weighted by Crippen LogP contribution is 2.18. The van der Waals surface area contributed by atoms with Crippen molar-refractivity contribution >= 4 is 21.6 Å². The van der Waals surface area contributed by atoms with Crippen LogP contribution in [-0.2, 0) is 15.9 Å². The third-order valence-electron chi connectivity index (χ3n) is 2.77. The lowest BCUT2D eigenvalue weighted by Gasteiger charge is -2.22. The molecule has 19 heavy (non-hydrogen) atoms. The van der Waals surface area contributed by atoms with Crippen molar-refractivity contribution < 1.29 is 8.42 Å². The van der Waals surface area contributed by atoms with E-state index in [-0.39, 0.29) is 10.8 Å². The van der Waals surface area contributed by atoms with Gasteiger partial charge in [-0.2, -0.15) is 4.31 Å². The van der Waals surface area contributed by atoms with Crippen molar-refractivity contribution in [3.63, 3.8) is 0 Å². The summed E-state index contributed by atoms with van der Waals surface area (Å²) in [5.41, 5.74) is 0.712. The van der Waals surface area contributed by atoms with Gasteiger partial charge in [-0.3, -0.25) is 0 Å². The zero-order valence-corrected chi connectivity index (χ0v) is 13.3. The van der Waals surface area contributed by atoms with Gasteiger partial charge in [0.2, 0.25) is 10.0 Å². The average Bonchev–Trinajstić information content (AvgIpc) is 2.83. The van der Waals surface area contributed by atoms with E-state index < -0.39 is 10.0 Å². The van der Waals surface area contributed by atoms with Crippen LogP contribution in [0.1, 0.15) is 19.0 Å². The summed E-state index contributed by atoms with van der Waals surface area (Å²) < 4.78 is 26.5. The van der Waals surface area contributed by atoms with Gasteiger partial charge in [0.25, 0.3) is 0 Å². The minimum Gasteiger partial charge on any atom is -0.363 e. The lowest BCUT2D eigenvalue weighted by Crippen LogP contribution is -2.37. The second kappa shape index (κ2) is 7.28. The number of hydrogen-bond acceptors (Lipinski definition) is 3. The van der Waals surface area contributed by atoms with Gasteiger partial charge in [-0.05, 0) is 26.6 Å². The monoisotopic (exact) mass is 307 g/mol. The number of aromatic amines is 1. The van der Waals surface area contributed by atoms with E-state index in [2.05, 4.69) is 4.98 Å². The molecule has 0 aliphatic rings. The van der Waals surface area contributed by atoms with Crippen LogP contribution in [0.2, 0.25) is 0 Å². The summed E-state index contributed by atoms with van der Waals surface area (Å²) >= 11 is 5.69. The van der Waals surface area contributed by atoms with Crippen LogP contribution in [0, 0.1) is 0 Å². The zero-order valence-electron chi connectivity index (χ0n) is 11.7. The summed E-state index contributed by atoms with van der Waals surface area (Å²) in [6.45, 7) is 3.69. The highest BCUT2D eigenvalue weighted by molar-refractivity contribution is 7.89. The standard InChI is InChI=1S/C12H22ClN3O2S/c1-4-5-16(7-6-15(2)3)19(17,18)12-8-11(9-13)14-10-12/h8,10,14H,4-7,9H2,1-3H3. The summed E-state index contributed by atoms with van der Waals surface area (Å²) in [7, 11) is 0.427. The normalized spacial score (nSPS) is 12.5. The molecule has 1 rings (SSSR count). The third-order valence-corrected chi connectivity index (χ3v) is 4.93.